The van der Waals surface area contributed by atoms with Crippen molar-refractivity contribution < 1.29 is 0 Å². The van der Waals surface area contributed by atoms with Gasteiger partial charge < -0.3 is 4.90 Å². The maximum absolute atomic E-state index is 3.84. The Morgan fingerprint density at radius 2 is 1.00 bits per heavy atom. The molecule has 0 rings (SSSR count). The molecule has 16 heavy (non-hydrogen) atoms. The van der Waals surface area contributed by atoms with E-state index >= 15 is 0 Å². The Hall–Kier alpha value is -0.0400. The van der Waals surface area contributed by atoms with Crippen LogP contribution in [-0.4, -0.2) is 26.0 Å². The lowest BCUT2D eigenvalue weighted by Crippen LogP contribution is -1.99. The van der Waals surface area contributed by atoms with Crippen molar-refractivity contribution >= 4 is 0 Å². The van der Waals surface area contributed by atoms with Gasteiger partial charge in [0.05, 0.1) is 0 Å². The van der Waals surface area contributed by atoms with Gasteiger partial charge in [0.15, 0.2) is 0 Å². The summed E-state index contributed by atoms with van der Waals surface area (Å²) in [5.41, 5.74) is 0. The molecule has 0 aliphatic rings. The molecule has 0 aromatic rings. The standard InChI is InChI=1S/C12H25.C3H9N/c1-3-5-7-9-11-12-10-8-6-4-2;1-4(2)3/h1,3-12H2,2H3;1-3H3. The lowest BCUT2D eigenvalue weighted by molar-refractivity contribution is 0.505. The van der Waals surface area contributed by atoms with E-state index in [9.17, 15) is 0 Å². The minimum atomic E-state index is 1.12. The van der Waals surface area contributed by atoms with Crippen LogP contribution in [0.1, 0.15) is 71.1 Å². The van der Waals surface area contributed by atoms with E-state index in [4.69, 9.17) is 0 Å². The summed E-state index contributed by atoms with van der Waals surface area (Å²) in [6, 6.07) is 0. The van der Waals surface area contributed by atoms with Crippen LogP contribution in [0.3, 0.4) is 0 Å². The van der Waals surface area contributed by atoms with Gasteiger partial charge in [-0.05, 0) is 21.1 Å². The van der Waals surface area contributed by atoms with Gasteiger partial charge >= 0.3 is 0 Å². The van der Waals surface area contributed by atoms with E-state index in [-0.39, 0.29) is 0 Å². The smallest absolute Gasteiger partial charge is 0.0140 e. The van der Waals surface area contributed by atoms with Crippen molar-refractivity contribution in [3.05, 3.63) is 6.92 Å². The van der Waals surface area contributed by atoms with Gasteiger partial charge in [0, 0.05) is 0 Å². The van der Waals surface area contributed by atoms with Gasteiger partial charge in [-0.25, -0.2) is 0 Å². The fourth-order valence-electron chi connectivity index (χ4n) is 1.49. The van der Waals surface area contributed by atoms with E-state index in [1.807, 2.05) is 26.0 Å². The van der Waals surface area contributed by atoms with Gasteiger partial charge in [-0.15, -0.1) is 0 Å². The highest BCUT2D eigenvalue weighted by molar-refractivity contribution is 4.47. The first-order chi connectivity index (χ1) is 7.65. The molecule has 0 saturated heterocycles. The largest absolute Gasteiger partial charge is 0.312 e. The molecule has 0 heterocycles. The molecule has 0 unspecified atom stereocenters. The second-order valence-electron chi connectivity index (χ2n) is 5.02. The summed E-state index contributed by atoms with van der Waals surface area (Å²) in [6.07, 6.45) is 13.9. The Morgan fingerprint density at radius 1 is 0.688 bits per heavy atom. The number of hydrogen-bond acceptors (Lipinski definition) is 1. The van der Waals surface area contributed by atoms with Crippen LogP contribution in [0.25, 0.3) is 0 Å². The molecule has 99 valence electrons. The topological polar surface area (TPSA) is 3.24 Å². The molecule has 0 aliphatic carbocycles. The lowest BCUT2D eigenvalue weighted by atomic mass is 10.1. The normalized spacial score (nSPS) is 10.1. The number of unbranched alkanes of at least 4 members (excludes halogenated alkanes) is 9. The SMILES string of the molecule is CN(C)C.[CH2]CCCCCCCCCCC. The molecule has 0 bridgehead atoms. The zero-order chi connectivity index (χ0) is 12.6. The molecule has 0 amide bonds. The molecule has 1 radical (unpaired) electrons. The lowest BCUT2D eigenvalue weighted by Gasteiger charge is -1.99. The van der Waals surface area contributed by atoms with Crippen LogP contribution in [0.5, 0.6) is 0 Å². The Labute approximate surface area is 105 Å². The van der Waals surface area contributed by atoms with E-state index in [1.165, 1.54) is 57.8 Å². The van der Waals surface area contributed by atoms with Crippen LogP contribution >= 0.6 is 0 Å². The van der Waals surface area contributed by atoms with Gasteiger partial charge in [-0.2, -0.15) is 0 Å². The number of nitrogens with zero attached hydrogens (tertiary/aromatic N) is 1. The first kappa shape index (κ1) is 18.3. The Morgan fingerprint density at radius 3 is 1.31 bits per heavy atom. The summed E-state index contributed by atoms with van der Waals surface area (Å²) in [6.45, 7) is 6.12. The van der Waals surface area contributed by atoms with E-state index in [2.05, 4.69) is 13.8 Å². The van der Waals surface area contributed by atoms with Gasteiger partial charge in [0.2, 0.25) is 0 Å². The molecule has 0 fully saturated rings. The molecule has 0 saturated carbocycles. The molecular formula is C15H34N. The van der Waals surface area contributed by atoms with Crippen molar-refractivity contribution in [3.8, 4) is 0 Å². The third-order valence-corrected chi connectivity index (χ3v) is 2.35. The third-order valence-electron chi connectivity index (χ3n) is 2.35. The monoisotopic (exact) mass is 228 g/mol. The maximum Gasteiger partial charge on any atom is -0.0140 e. The first-order valence-corrected chi connectivity index (χ1v) is 7.05. The molecule has 0 aromatic heterocycles. The summed E-state index contributed by atoms with van der Waals surface area (Å²) in [5, 5.41) is 0. The Kier molecular flexibility index (Phi) is 19.9. The average molecular weight is 228 g/mol. The molecule has 0 aromatic carbocycles. The van der Waals surface area contributed by atoms with Crippen LogP contribution in [0, 0.1) is 6.92 Å². The van der Waals surface area contributed by atoms with Crippen LogP contribution < -0.4 is 0 Å². The van der Waals surface area contributed by atoms with Crippen molar-refractivity contribution in [1.82, 2.24) is 4.90 Å². The Bertz CT molecular complexity index is 86.9. The molecular weight excluding hydrogens is 194 g/mol. The van der Waals surface area contributed by atoms with Crippen LogP contribution in [0.2, 0.25) is 0 Å². The van der Waals surface area contributed by atoms with Crippen molar-refractivity contribution in [1.29, 1.82) is 0 Å². The minimum absolute atomic E-state index is 1.12. The highest BCUT2D eigenvalue weighted by Crippen LogP contribution is 2.09. The third kappa shape index (κ3) is 29.2. The zero-order valence-corrected chi connectivity index (χ0v) is 12.2. The second kappa shape index (κ2) is 17.4. The van der Waals surface area contributed by atoms with Gasteiger partial charge in [-0.1, -0.05) is 78.1 Å². The van der Waals surface area contributed by atoms with E-state index < -0.39 is 0 Å². The Balaban J connectivity index is 0. The number of hydrogen-bond donors (Lipinski definition) is 0. The highest BCUT2D eigenvalue weighted by Gasteiger charge is 1.90. The minimum Gasteiger partial charge on any atom is -0.312 e. The van der Waals surface area contributed by atoms with E-state index in [1.54, 1.807) is 0 Å². The highest BCUT2D eigenvalue weighted by atomic mass is 15.0. The summed E-state index contributed by atoms with van der Waals surface area (Å²) >= 11 is 0. The fourth-order valence-corrected chi connectivity index (χ4v) is 1.49. The molecule has 1 heteroatoms. The first-order valence-electron chi connectivity index (χ1n) is 7.05. The summed E-state index contributed by atoms with van der Waals surface area (Å²) in [5.74, 6) is 0. The molecule has 1 nitrogen and oxygen atoms in total. The summed E-state index contributed by atoms with van der Waals surface area (Å²) in [7, 11) is 6.00. The molecule has 0 aliphatic heterocycles. The van der Waals surface area contributed by atoms with E-state index in [0.717, 1.165) is 6.42 Å². The average Bonchev–Trinajstić information content (AvgIpc) is 2.21. The van der Waals surface area contributed by atoms with Crippen LogP contribution in [-0.2, 0) is 0 Å². The van der Waals surface area contributed by atoms with Crippen molar-refractivity contribution in [2.45, 2.75) is 71.1 Å². The second-order valence-corrected chi connectivity index (χ2v) is 5.02. The molecule has 0 spiro atoms. The van der Waals surface area contributed by atoms with Crippen molar-refractivity contribution in [2.75, 3.05) is 21.1 Å². The van der Waals surface area contributed by atoms with E-state index in [0.29, 0.717) is 0 Å². The van der Waals surface area contributed by atoms with Crippen LogP contribution in [0.15, 0.2) is 0 Å². The van der Waals surface area contributed by atoms with Gasteiger partial charge in [0.1, 0.15) is 0 Å². The molecule has 0 N–H and O–H groups in total. The summed E-state index contributed by atoms with van der Waals surface area (Å²) < 4.78 is 0. The van der Waals surface area contributed by atoms with Gasteiger partial charge in [-0.3, -0.25) is 0 Å². The fraction of sp³-hybridized carbons (Fsp3) is 0.933. The predicted octanol–water partition coefficient (Wildman–Crippen LogP) is 4.92. The predicted molar refractivity (Wildman–Crippen MR) is 76.8 cm³/mol. The molecule has 0 atom stereocenters. The maximum atomic E-state index is 3.84. The van der Waals surface area contributed by atoms with Gasteiger partial charge in [0.25, 0.3) is 0 Å². The zero-order valence-electron chi connectivity index (χ0n) is 12.2. The van der Waals surface area contributed by atoms with Crippen LogP contribution in [0.4, 0.5) is 0 Å². The summed E-state index contributed by atoms with van der Waals surface area (Å²) in [4.78, 5) is 2.00. The van der Waals surface area contributed by atoms with Crippen molar-refractivity contribution in [3.63, 3.8) is 0 Å². The number of rotatable bonds is 9. The van der Waals surface area contributed by atoms with Crippen molar-refractivity contribution in [2.24, 2.45) is 0 Å². The quantitative estimate of drug-likeness (QED) is 0.506.